The monoisotopic (exact) mass is 279 g/mol. The third kappa shape index (κ3) is 2.33. The molecule has 1 atom stereocenters. The minimum Gasteiger partial charge on any atom is -0.451 e. The maximum Gasteiger partial charge on any atom is 0.290 e. The fourth-order valence-corrected chi connectivity index (χ4v) is 2.47. The van der Waals surface area contributed by atoms with Gasteiger partial charge >= 0.3 is 0 Å². The Kier molecular flexibility index (Phi) is 3.21. The number of carbonyl (C=O) groups is 1. The quantitative estimate of drug-likeness (QED) is 0.806. The van der Waals surface area contributed by atoms with Crippen LogP contribution in [0.4, 0.5) is 0 Å². The van der Waals surface area contributed by atoms with Crippen LogP contribution in [0.15, 0.2) is 28.7 Å². The van der Waals surface area contributed by atoms with Gasteiger partial charge < -0.3 is 14.1 Å². The number of carbonyl (C=O) groups excluding carboxylic acids is 1. The van der Waals surface area contributed by atoms with Gasteiger partial charge in [-0.15, -0.1) is 0 Å². The van der Waals surface area contributed by atoms with Gasteiger partial charge in [0.25, 0.3) is 5.91 Å². The van der Waals surface area contributed by atoms with Gasteiger partial charge in [0, 0.05) is 17.0 Å². The van der Waals surface area contributed by atoms with Gasteiger partial charge in [-0.25, -0.2) is 0 Å². The summed E-state index contributed by atoms with van der Waals surface area (Å²) in [5.74, 6) is 0.258. The fourth-order valence-electron chi connectivity index (χ4n) is 2.29. The van der Waals surface area contributed by atoms with E-state index < -0.39 is 0 Å². The van der Waals surface area contributed by atoms with Crippen molar-refractivity contribution in [1.82, 2.24) is 4.90 Å². The summed E-state index contributed by atoms with van der Waals surface area (Å²) in [6.07, 6.45) is 0. The lowest BCUT2D eigenvalue weighted by Gasteiger charge is -2.32. The number of furan rings is 1. The van der Waals surface area contributed by atoms with Crippen molar-refractivity contribution >= 4 is 28.5 Å². The van der Waals surface area contributed by atoms with Crippen molar-refractivity contribution in [1.29, 1.82) is 0 Å². The molecule has 100 valence electrons. The van der Waals surface area contributed by atoms with Crippen molar-refractivity contribution in [2.24, 2.45) is 0 Å². The minimum atomic E-state index is -0.0943. The van der Waals surface area contributed by atoms with E-state index in [4.69, 9.17) is 20.8 Å². The summed E-state index contributed by atoms with van der Waals surface area (Å²) < 4.78 is 10.9. The van der Waals surface area contributed by atoms with Gasteiger partial charge in [0.2, 0.25) is 0 Å². The van der Waals surface area contributed by atoms with Crippen molar-refractivity contribution in [3.63, 3.8) is 0 Å². The van der Waals surface area contributed by atoms with Crippen LogP contribution in [-0.2, 0) is 4.74 Å². The smallest absolute Gasteiger partial charge is 0.290 e. The molecule has 1 aliphatic rings. The first kappa shape index (κ1) is 12.5. The summed E-state index contributed by atoms with van der Waals surface area (Å²) in [5.41, 5.74) is 0.675. The Labute approximate surface area is 115 Å². The average Bonchev–Trinajstić information content (AvgIpc) is 2.81. The standard InChI is InChI=1S/C14H14ClNO3/c1-9-8-18-5-4-16(9)14(17)13-7-10-6-11(15)2-3-12(10)19-13/h2-3,6-7,9H,4-5,8H2,1H3/t9-/m0/s1. The lowest BCUT2D eigenvalue weighted by atomic mass is 10.2. The topological polar surface area (TPSA) is 42.7 Å². The summed E-state index contributed by atoms with van der Waals surface area (Å²) in [7, 11) is 0. The molecular formula is C14H14ClNO3. The summed E-state index contributed by atoms with van der Waals surface area (Å²) in [5, 5.41) is 1.48. The summed E-state index contributed by atoms with van der Waals surface area (Å²) in [6, 6.07) is 7.13. The molecule has 0 spiro atoms. The van der Waals surface area contributed by atoms with Crippen LogP contribution in [0.3, 0.4) is 0 Å². The van der Waals surface area contributed by atoms with E-state index in [1.165, 1.54) is 0 Å². The summed E-state index contributed by atoms with van der Waals surface area (Å²) >= 11 is 5.93. The first-order valence-corrected chi connectivity index (χ1v) is 6.61. The van der Waals surface area contributed by atoms with Crippen molar-refractivity contribution < 1.29 is 13.9 Å². The highest BCUT2D eigenvalue weighted by Crippen LogP contribution is 2.24. The first-order chi connectivity index (χ1) is 9.15. The van der Waals surface area contributed by atoms with E-state index in [1.54, 1.807) is 29.2 Å². The Morgan fingerprint density at radius 3 is 3.05 bits per heavy atom. The molecule has 3 rings (SSSR count). The molecule has 0 N–H and O–H groups in total. The highest BCUT2D eigenvalue weighted by molar-refractivity contribution is 6.31. The number of halogens is 1. The van der Waals surface area contributed by atoms with E-state index in [0.717, 1.165) is 5.39 Å². The largest absolute Gasteiger partial charge is 0.451 e. The van der Waals surface area contributed by atoms with E-state index in [2.05, 4.69) is 0 Å². The molecule has 0 unspecified atom stereocenters. The zero-order chi connectivity index (χ0) is 13.4. The number of morpholine rings is 1. The Balaban J connectivity index is 1.92. The van der Waals surface area contributed by atoms with Crippen LogP contribution >= 0.6 is 11.6 Å². The second kappa shape index (κ2) is 4.87. The van der Waals surface area contributed by atoms with Gasteiger partial charge in [-0.3, -0.25) is 4.79 Å². The van der Waals surface area contributed by atoms with E-state index in [0.29, 0.717) is 36.1 Å². The second-order valence-corrected chi connectivity index (χ2v) is 5.15. The molecule has 1 amide bonds. The molecule has 1 aromatic carbocycles. The molecule has 0 radical (unpaired) electrons. The van der Waals surface area contributed by atoms with Gasteiger partial charge in [-0.2, -0.15) is 0 Å². The number of nitrogens with zero attached hydrogens (tertiary/aromatic N) is 1. The molecule has 0 bridgehead atoms. The van der Waals surface area contributed by atoms with Crippen LogP contribution in [0.2, 0.25) is 5.02 Å². The van der Waals surface area contributed by atoms with E-state index in [-0.39, 0.29) is 11.9 Å². The molecule has 0 aliphatic carbocycles. The number of fused-ring (bicyclic) bond motifs is 1. The molecule has 5 heteroatoms. The number of hydrogen-bond donors (Lipinski definition) is 0. The molecular weight excluding hydrogens is 266 g/mol. The maximum atomic E-state index is 12.4. The fraction of sp³-hybridized carbons (Fsp3) is 0.357. The first-order valence-electron chi connectivity index (χ1n) is 6.23. The molecule has 2 heterocycles. The Bertz CT molecular complexity index is 622. The van der Waals surface area contributed by atoms with Crippen LogP contribution in [0.5, 0.6) is 0 Å². The van der Waals surface area contributed by atoms with Gasteiger partial charge in [-0.05, 0) is 31.2 Å². The third-order valence-corrected chi connectivity index (χ3v) is 3.55. The Morgan fingerprint density at radius 1 is 1.42 bits per heavy atom. The maximum absolute atomic E-state index is 12.4. The van der Waals surface area contributed by atoms with E-state index in [9.17, 15) is 4.79 Å². The lowest BCUT2D eigenvalue weighted by molar-refractivity contribution is 0.00208. The van der Waals surface area contributed by atoms with Crippen LogP contribution in [-0.4, -0.2) is 36.6 Å². The minimum absolute atomic E-state index is 0.0676. The SMILES string of the molecule is C[C@H]1COCCN1C(=O)c1cc2cc(Cl)ccc2o1. The van der Waals surface area contributed by atoms with Gasteiger partial charge in [0.05, 0.1) is 19.3 Å². The lowest BCUT2D eigenvalue weighted by Crippen LogP contribution is -2.47. The predicted octanol–water partition coefficient (Wildman–Crippen LogP) is 2.95. The van der Waals surface area contributed by atoms with Crippen LogP contribution < -0.4 is 0 Å². The third-order valence-electron chi connectivity index (χ3n) is 3.32. The molecule has 2 aromatic rings. The zero-order valence-electron chi connectivity index (χ0n) is 10.6. The normalized spacial score (nSPS) is 19.9. The number of ether oxygens (including phenoxy) is 1. The van der Waals surface area contributed by atoms with Crippen LogP contribution in [0.25, 0.3) is 11.0 Å². The second-order valence-electron chi connectivity index (χ2n) is 4.72. The number of rotatable bonds is 1. The molecule has 19 heavy (non-hydrogen) atoms. The van der Waals surface area contributed by atoms with Crippen LogP contribution in [0, 0.1) is 0 Å². The molecule has 1 fully saturated rings. The van der Waals surface area contributed by atoms with Crippen molar-refractivity contribution in [3.8, 4) is 0 Å². The number of hydrogen-bond acceptors (Lipinski definition) is 3. The molecule has 4 nitrogen and oxygen atoms in total. The Hall–Kier alpha value is -1.52. The van der Waals surface area contributed by atoms with Crippen LogP contribution in [0.1, 0.15) is 17.5 Å². The molecule has 1 aromatic heterocycles. The number of amides is 1. The van der Waals surface area contributed by atoms with E-state index in [1.807, 2.05) is 6.92 Å². The van der Waals surface area contributed by atoms with Crippen molar-refractivity contribution in [2.45, 2.75) is 13.0 Å². The van der Waals surface area contributed by atoms with E-state index >= 15 is 0 Å². The van der Waals surface area contributed by atoms with Crippen molar-refractivity contribution in [3.05, 3.63) is 35.0 Å². The van der Waals surface area contributed by atoms with Crippen molar-refractivity contribution in [2.75, 3.05) is 19.8 Å². The van der Waals surface area contributed by atoms with Gasteiger partial charge in [0.1, 0.15) is 5.58 Å². The molecule has 0 saturated carbocycles. The van der Waals surface area contributed by atoms with Gasteiger partial charge in [-0.1, -0.05) is 11.6 Å². The molecule has 1 aliphatic heterocycles. The summed E-state index contributed by atoms with van der Waals surface area (Å²) in [4.78, 5) is 14.2. The highest BCUT2D eigenvalue weighted by atomic mass is 35.5. The van der Waals surface area contributed by atoms with Gasteiger partial charge in [0.15, 0.2) is 5.76 Å². The summed E-state index contributed by atoms with van der Waals surface area (Å²) in [6.45, 7) is 3.70. The highest BCUT2D eigenvalue weighted by Gasteiger charge is 2.27. The average molecular weight is 280 g/mol. The predicted molar refractivity (Wildman–Crippen MR) is 72.5 cm³/mol. The zero-order valence-corrected chi connectivity index (χ0v) is 11.3. The Morgan fingerprint density at radius 2 is 2.26 bits per heavy atom. The molecule has 1 saturated heterocycles. The number of benzene rings is 1.